The highest BCUT2D eigenvalue weighted by molar-refractivity contribution is 5.85. The van der Waals surface area contributed by atoms with Crippen molar-refractivity contribution in [3.05, 3.63) is 0 Å². The van der Waals surface area contributed by atoms with E-state index >= 15 is 0 Å². The second-order valence-electron chi connectivity index (χ2n) is 2.91. The van der Waals surface area contributed by atoms with E-state index in [4.69, 9.17) is 11.5 Å². The van der Waals surface area contributed by atoms with Crippen LogP contribution >= 0.6 is 12.4 Å². The Morgan fingerprint density at radius 2 is 1.18 bits per heavy atom. The van der Waals surface area contributed by atoms with E-state index in [1.54, 1.807) is 0 Å². The molecular weight excluding hydrogens is 160 g/mol. The van der Waals surface area contributed by atoms with Gasteiger partial charge in [-0.2, -0.15) is 0 Å². The third kappa shape index (κ3) is 8.11. The molecule has 0 aliphatic heterocycles. The van der Waals surface area contributed by atoms with E-state index in [9.17, 15) is 0 Å². The third-order valence-corrected chi connectivity index (χ3v) is 1.96. The van der Waals surface area contributed by atoms with Crippen LogP contribution in [0.15, 0.2) is 0 Å². The number of hydrogen-bond donors (Lipinski definition) is 2. The molecule has 2 atom stereocenters. The van der Waals surface area contributed by atoms with Crippen LogP contribution in [-0.4, -0.2) is 12.1 Å². The molecule has 4 N–H and O–H groups in total. The highest BCUT2D eigenvalue weighted by atomic mass is 35.5. The van der Waals surface area contributed by atoms with Gasteiger partial charge in [-0.15, -0.1) is 12.4 Å². The lowest BCUT2D eigenvalue weighted by molar-refractivity contribution is 0.502. The molecule has 0 aliphatic carbocycles. The molecular formula is C8H21ClN2. The molecule has 2 nitrogen and oxygen atoms in total. The molecule has 11 heavy (non-hydrogen) atoms. The molecule has 0 radical (unpaired) electrons. The summed E-state index contributed by atoms with van der Waals surface area (Å²) in [5.74, 6) is 0. The van der Waals surface area contributed by atoms with Gasteiger partial charge in [-0.05, 0) is 25.7 Å². The summed E-state index contributed by atoms with van der Waals surface area (Å²) in [7, 11) is 0. The maximum atomic E-state index is 5.72. The molecule has 0 aromatic rings. The van der Waals surface area contributed by atoms with E-state index in [1.165, 1.54) is 0 Å². The van der Waals surface area contributed by atoms with Crippen LogP contribution in [0.3, 0.4) is 0 Å². The number of halogens is 1. The zero-order valence-electron chi connectivity index (χ0n) is 7.55. The summed E-state index contributed by atoms with van der Waals surface area (Å²) in [5.41, 5.74) is 11.4. The SMILES string of the molecule is CCC(N)CCC(N)CC.Cl. The Kier molecular flexibility index (Phi) is 10.4. The van der Waals surface area contributed by atoms with Gasteiger partial charge in [-0.3, -0.25) is 0 Å². The van der Waals surface area contributed by atoms with Crippen molar-refractivity contribution in [1.82, 2.24) is 0 Å². The largest absolute Gasteiger partial charge is 0.328 e. The first kappa shape index (κ1) is 13.8. The maximum Gasteiger partial charge on any atom is 0.00367 e. The lowest BCUT2D eigenvalue weighted by atomic mass is 10.0. The Balaban J connectivity index is 0. The highest BCUT2D eigenvalue weighted by Crippen LogP contribution is 2.02. The van der Waals surface area contributed by atoms with Crippen molar-refractivity contribution in [3.63, 3.8) is 0 Å². The fourth-order valence-electron chi connectivity index (χ4n) is 0.836. The van der Waals surface area contributed by atoms with Gasteiger partial charge in [-0.1, -0.05) is 13.8 Å². The van der Waals surface area contributed by atoms with E-state index in [1.807, 2.05) is 0 Å². The molecule has 0 heterocycles. The number of rotatable bonds is 5. The van der Waals surface area contributed by atoms with Gasteiger partial charge in [0.1, 0.15) is 0 Å². The van der Waals surface area contributed by atoms with Crippen molar-refractivity contribution in [2.45, 2.75) is 51.6 Å². The van der Waals surface area contributed by atoms with Crippen LogP contribution in [0.2, 0.25) is 0 Å². The Hall–Kier alpha value is 0.210. The van der Waals surface area contributed by atoms with Crippen molar-refractivity contribution >= 4 is 12.4 Å². The van der Waals surface area contributed by atoms with Gasteiger partial charge in [-0.25, -0.2) is 0 Å². The fraction of sp³-hybridized carbons (Fsp3) is 1.00. The second kappa shape index (κ2) is 8.31. The third-order valence-electron chi connectivity index (χ3n) is 1.96. The van der Waals surface area contributed by atoms with Crippen molar-refractivity contribution in [2.75, 3.05) is 0 Å². The molecule has 0 amide bonds. The van der Waals surface area contributed by atoms with Gasteiger partial charge in [0.25, 0.3) is 0 Å². The summed E-state index contributed by atoms with van der Waals surface area (Å²) >= 11 is 0. The minimum Gasteiger partial charge on any atom is -0.328 e. The molecule has 3 heteroatoms. The smallest absolute Gasteiger partial charge is 0.00367 e. The monoisotopic (exact) mass is 180 g/mol. The predicted octanol–water partition coefficient (Wildman–Crippen LogP) is 1.66. The van der Waals surface area contributed by atoms with E-state index in [0.29, 0.717) is 12.1 Å². The van der Waals surface area contributed by atoms with Crippen LogP contribution in [0.4, 0.5) is 0 Å². The summed E-state index contributed by atoms with van der Waals surface area (Å²) in [4.78, 5) is 0. The molecule has 0 saturated carbocycles. The molecule has 0 fully saturated rings. The van der Waals surface area contributed by atoms with E-state index in [0.717, 1.165) is 25.7 Å². The van der Waals surface area contributed by atoms with Crippen molar-refractivity contribution < 1.29 is 0 Å². The number of nitrogens with two attached hydrogens (primary N) is 2. The summed E-state index contributed by atoms with van der Waals surface area (Å²) in [6, 6.07) is 0.718. The molecule has 70 valence electrons. The predicted molar refractivity (Wildman–Crippen MR) is 53.0 cm³/mol. The summed E-state index contributed by atoms with van der Waals surface area (Å²) < 4.78 is 0. The van der Waals surface area contributed by atoms with Gasteiger partial charge in [0.05, 0.1) is 0 Å². The van der Waals surface area contributed by atoms with Crippen LogP contribution in [0, 0.1) is 0 Å². The molecule has 0 saturated heterocycles. The standard InChI is InChI=1S/C8H20N2.ClH/c1-3-7(9)5-6-8(10)4-2;/h7-8H,3-6,9-10H2,1-2H3;1H. The zero-order valence-corrected chi connectivity index (χ0v) is 8.36. The quantitative estimate of drug-likeness (QED) is 0.677. The van der Waals surface area contributed by atoms with E-state index in [2.05, 4.69) is 13.8 Å². The normalized spacial score (nSPS) is 15.3. The van der Waals surface area contributed by atoms with Crippen molar-refractivity contribution in [2.24, 2.45) is 11.5 Å². The Morgan fingerprint density at radius 3 is 1.36 bits per heavy atom. The Labute approximate surface area is 76.1 Å². The first-order valence-electron chi connectivity index (χ1n) is 4.21. The molecule has 0 spiro atoms. The zero-order chi connectivity index (χ0) is 7.98. The minimum absolute atomic E-state index is 0. The molecule has 0 bridgehead atoms. The molecule has 0 rings (SSSR count). The van der Waals surface area contributed by atoms with Crippen LogP contribution in [0.25, 0.3) is 0 Å². The van der Waals surface area contributed by atoms with Crippen LogP contribution < -0.4 is 11.5 Å². The topological polar surface area (TPSA) is 52.0 Å². The average molecular weight is 181 g/mol. The van der Waals surface area contributed by atoms with Gasteiger partial charge in [0, 0.05) is 12.1 Å². The summed E-state index contributed by atoms with van der Waals surface area (Å²) in [6.45, 7) is 4.23. The molecule has 0 aliphatic rings. The second-order valence-corrected chi connectivity index (χ2v) is 2.91. The lowest BCUT2D eigenvalue weighted by Crippen LogP contribution is -2.25. The van der Waals surface area contributed by atoms with E-state index in [-0.39, 0.29) is 12.4 Å². The highest BCUT2D eigenvalue weighted by Gasteiger charge is 2.02. The average Bonchev–Trinajstić information content (AvgIpc) is 1.99. The minimum atomic E-state index is 0. The Morgan fingerprint density at radius 1 is 0.909 bits per heavy atom. The number of hydrogen-bond acceptors (Lipinski definition) is 2. The van der Waals surface area contributed by atoms with Crippen molar-refractivity contribution in [3.8, 4) is 0 Å². The van der Waals surface area contributed by atoms with E-state index < -0.39 is 0 Å². The van der Waals surface area contributed by atoms with Gasteiger partial charge >= 0.3 is 0 Å². The van der Waals surface area contributed by atoms with Crippen LogP contribution in [0.5, 0.6) is 0 Å². The fourth-order valence-corrected chi connectivity index (χ4v) is 0.836. The summed E-state index contributed by atoms with van der Waals surface area (Å²) in [6.07, 6.45) is 4.28. The first-order valence-corrected chi connectivity index (χ1v) is 4.21. The summed E-state index contributed by atoms with van der Waals surface area (Å²) in [5, 5.41) is 0. The maximum absolute atomic E-state index is 5.72. The van der Waals surface area contributed by atoms with Crippen molar-refractivity contribution in [1.29, 1.82) is 0 Å². The van der Waals surface area contributed by atoms with Gasteiger partial charge in [0.15, 0.2) is 0 Å². The lowest BCUT2D eigenvalue weighted by Gasteiger charge is -2.11. The molecule has 0 aromatic carbocycles. The van der Waals surface area contributed by atoms with Gasteiger partial charge in [0.2, 0.25) is 0 Å². The van der Waals surface area contributed by atoms with Crippen LogP contribution in [-0.2, 0) is 0 Å². The molecule has 0 aromatic heterocycles. The molecule has 2 unspecified atom stereocenters. The first-order chi connectivity index (χ1) is 4.70. The van der Waals surface area contributed by atoms with Crippen LogP contribution in [0.1, 0.15) is 39.5 Å². The Bertz CT molecular complexity index is 68.5. The van der Waals surface area contributed by atoms with Gasteiger partial charge < -0.3 is 11.5 Å².